The SMILES string of the molecule is O=C(O)C[C@@H](NC(=O)C1CCCC1)c1ccc(F)cc1. The molecule has 2 N–H and O–H groups in total. The third-order valence-corrected chi connectivity index (χ3v) is 3.69. The summed E-state index contributed by atoms with van der Waals surface area (Å²) < 4.78 is 12.9. The number of hydrogen-bond acceptors (Lipinski definition) is 2. The number of carboxylic acid groups (broad SMARTS) is 1. The van der Waals surface area contributed by atoms with Gasteiger partial charge in [-0.05, 0) is 30.5 Å². The Labute approximate surface area is 117 Å². The molecule has 0 aliphatic heterocycles. The molecule has 2 rings (SSSR count). The van der Waals surface area contributed by atoms with E-state index in [9.17, 15) is 14.0 Å². The lowest BCUT2D eigenvalue weighted by molar-refractivity contribution is -0.137. The summed E-state index contributed by atoms with van der Waals surface area (Å²) in [5.41, 5.74) is 0.611. The highest BCUT2D eigenvalue weighted by molar-refractivity contribution is 5.80. The van der Waals surface area contributed by atoms with Gasteiger partial charge >= 0.3 is 5.97 Å². The zero-order valence-electron chi connectivity index (χ0n) is 11.1. The molecule has 0 saturated heterocycles. The van der Waals surface area contributed by atoms with Crippen molar-refractivity contribution >= 4 is 11.9 Å². The van der Waals surface area contributed by atoms with Crippen molar-refractivity contribution in [1.29, 1.82) is 0 Å². The highest BCUT2D eigenvalue weighted by Crippen LogP contribution is 2.26. The maximum Gasteiger partial charge on any atom is 0.305 e. The van der Waals surface area contributed by atoms with Gasteiger partial charge < -0.3 is 10.4 Å². The molecule has 1 fully saturated rings. The average Bonchev–Trinajstić information content (AvgIpc) is 2.92. The van der Waals surface area contributed by atoms with Crippen LogP contribution in [0.1, 0.15) is 43.7 Å². The fourth-order valence-electron chi connectivity index (χ4n) is 2.60. The Hall–Kier alpha value is -1.91. The molecule has 108 valence electrons. The molecule has 1 aromatic rings. The van der Waals surface area contributed by atoms with Gasteiger partial charge in [-0.15, -0.1) is 0 Å². The van der Waals surface area contributed by atoms with Gasteiger partial charge in [-0.3, -0.25) is 9.59 Å². The van der Waals surface area contributed by atoms with E-state index in [2.05, 4.69) is 5.32 Å². The maximum atomic E-state index is 12.9. The van der Waals surface area contributed by atoms with Gasteiger partial charge in [-0.25, -0.2) is 4.39 Å². The van der Waals surface area contributed by atoms with Crippen LogP contribution in [0.15, 0.2) is 24.3 Å². The highest BCUT2D eigenvalue weighted by atomic mass is 19.1. The zero-order chi connectivity index (χ0) is 14.5. The van der Waals surface area contributed by atoms with E-state index in [1.807, 2.05) is 0 Å². The van der Waals surface area contributed by atoms with Crippen molar-refractivity contribution in [2.45, 2.75) is 38.1 Å². The Morgan fingerprint density at radius 3 is 2.40 bits per heavy atom. The van der Waals surface area contributed by atoms with Crippen LogP contribution >= 0.6 is 0 Å². The lowest BCUT2D eigenvalue weighted by Gasteiger charge is -2.20. The molecular formula is C15H18FNO3. The molecule has 0 unspecified atom stereocenters. The van der Waals surface area contributed by atoms with E-state index >= 15 is 0 Å². The van der Waals surface area contributed by atoms with Gasteiger partial charge in [-0.1, -0.05) is 25.0 Å². The minimum Gasteiger partial charge on any atom is -0.481 e. The van der Waals surface area contributed by atoms with Crippen molar-refractivity contribution in [2.75, 3.05) is 0 Å². The van der Waals surface area contributed by atoms with E-state index < -0.39 is 12.0 Å². The van der Waals surface area contributed by atoms with E-state index in [0.29, 0.717) is 5.56 Å². The molecule has 0 spiro atoms. The van der Waals surface area contributed by atoms with Gasteiger partial charge in [0.25, 0.3) is 0 Å². The summed E-state index contributed by atoms with van der Waals surface area (Å²) in [4.78, 5) is 23.0. The molecule has 1 aliphatic carbocycles. The topological polar surface area (TPSA) is 66.4 Å². The number of aliphatic carboxylic acids is 1. The monoisotopic (exact) mass is 279 g/mol. The van der Waals surface area contributed by atoms with Crippen LogP contribution in [0, 0.1) is 11.7 Å². The van der Waals surface area contributed by atoms with Crippen molar-refractivity contribution in [3.63, 3.8) is 0 Å². The minimum atomic E-state index is -0.994. The fraction of sp³-hybridized carbons (Fsp3) is 0.467. The van der Waals surface area contributed by atoms with E-state index in [-0.39, 0.29) is 24.1 Å². The molecule has 1 aromatic carbocycles. The van der Waals surface area contributed by atoms with E-state index in [0.717, 1.165) is 25.7 Å². The van der Waals surface area contributed by atoms with Crippen LogP contribution < -0.4 is 5.32 Å². The summed E-state index contributed by atoms with van der Waals surface area (Å²) in [6.07, 6.45) is 3.59. The van der Waals surface area contributed by atoms with E-state index in [1.165, 1.54) is 24.3 Å². The predicted octanol–water partition coefficient (Wildman–Crippen LogP) is 2.65. The summed E-state index contributed by atoms with van der Waals surface area (Å²) in [5.74, 6) is -1.50. The molecular weight excluding hydrogens is 261 g/mol. The smallest absolute Gasteiger partial charge is 0.305 e. The number of hydrogen-bond donors (Lipinski definition) is 2. The maximum absolute atomic E-state index is 12.9. The number of rotatable bonds is 5. The molecule has 0 radical (unpaired) electrons. The standard InChI is InChI=1S/C15H18FNO3/c16-12-7-5-10(6-8-12)13(9-14(18)19)17-15(20)11-3-1-2-4-11/h5-8,11,13H,1-4,9H2,(H,17,20)(H,18,19)/t13-/m1/s1. The summed E-state index contributed by atoms with van der Waals surface area (Å²) in [5, 5.41) is 11.7. The third kappa shape index (κ3) is 3.79. The average molecular weight is 279 g/mol. The van der Waals surface area contributed by atoms with Crippen LogP contribution in [-0.4, -0.2) is 17.0 Å². The van der Waals surface area contributed by atoms with Crippen molar-refractivity contribution < 1.29 is 19.1 Å². The second-order valence-corrected chi connectivity index (χ2v) is 5.19. The van der Waals surface area contributed by atoms with Crippen molar-refractivity contribution in [3.05, 3.63) is 35.6 Å². The largest absolute Gasteiger partial charge is 0.481 e. The zero-order valence-corrected chi connectivity index (χ0v) is 11.1. The van der Waals surface area contributed by atoms with Crippen molar-refractivity contribution in [3.8, 4) is 0 Å². The van der Waals surface area contributed by atoms with Gasteiger partial charge in [0, 0.05) is 5.92 Å². The first-order chi connectivity index (χ1) is 9.56. The summed E-state index contributed by atoms with van der Waals surface area (Å²) in [7, 11) is 0. The lowest BCUT2D eigenvalue weighted by atomic mass is 10.0. The molecule has 0 bridgehead atoms. The van der Waals surface area contributed by atoms with E-state index in [4.69, 9.17) is 5.11 Å². The first-order valence-corrected chi connectivity index (χ1v) is 6.84. The molecule has 20 heavy (non-hydrogen) atoms. The van der Waals surface area contributed by atoms with Crippen molar-refractivity contribution in [2.24, 2.45) is 5.92 Å². The van der Waals surface area contributed by atoms with Gasteiger partial charge in [0.2, 0.25) is 5.91 Å². The molecule has 1 atom stereocenters. The normalized spacial score (nSPS) is 16.9. The molecule has 5 heteroatoms. The fourth-order valence-corrected chi connectivity index (χ4v) is 2.60. The second-order valence-electron chi connectivity index (χ2n) is 5.19. The first-order valence-electron chi connectivity index (χ1n) is 6.84. The van der Waals surface area contributed by atoms with Gasteiger partial charge in [0.05, 0.1) is 12.5 Å². The molecule has 1 saturated carbocycles. The Morgan fingerprint density at radius 1 is 1.25 bits per heavy atom. The number of nitrogens with one attached hydrogen (secondary N) is 1. The quantitative estimate of drug-likeness (QED) is 0.870. The summed E-state index contributed by atoms with van der Waals surface area (Å²) in [6.45, 7) is 0. The van der Waals surface area contributed by atoms with Crippen LogP contribution in [0.3, 0.4) is 0 Å². The third-order valence-electron chi connectivity index (χ3n) is 3.69. The van der Waals surface area contributed by atoms with Gasteiger partial charge in [0.15, 0.2) is 0 Å². The summed E-state index contributed by atoms with van der Waals surface area (Å²) >= 11 is 0. The summed E-state index contributed by atoms with van der Waals surface area (Å²) in [6, 6.07) is 4.95. The number of halogens is 1. The van der Waals surface area contributed by atoms with Gasteiger partial charge in [0.1, 0.15) is 5.82 Å². The van der Waals surface area contributed by atoms with Crippen LogP contribution in [0.25, 0.3) is 0 Å². The Bertz CT molecular complexity index is 480. The number of amides is 1. The van der Waals surface area contributed by atoms with Crippen LogP contribution in [-0.2, 0) is 9.59 Å². The number of carbonyl (C=O) groups excluding carboxylic acids is 1. The number of carboxylic acids is 1. The Kier molecular flexibility index (Phi) is 4.71. The number of benzene rings is 1. The minimum absolute atomic E-state index is 0.0215. The van der Waals surface area contributed by atoms with Crippen molar-refractivity contribution in [1.82, 2.24) is 5.32 Å². The highest BCUT2D eigenvalue weighted by Gasteiger charge is 2.26. The molecule has 1 amide bonds. The van der Waals surface area contributed by atoms with Crippen LogP contribution in [0.4, 0.5) is 4.39 Å². The van der Waals surface area contributed by atoms with Crippen LogP contribution in [0.5, 0.6) is 0 Å². The van der Waals surface area contributed by atoms with Gasteiger partial charge in [-0.2, -0.15) is 0 Å². The Balaban J connectivity index is 2.08. The second kappa shape index (κ2) is 6.50. The number of carbonyl (C=O) groups is 2. The molecule has 1 aliphatic rings. The van der Waals surface area contributed by atoms with Crippen LogP contribution in [0.2, 0.25) is 0 Å². The molecule has 4 nitrogen and oxygen atoms in total. The predicted molar refractivity (Wildman–Crippen MR) is 71.5 cm³/mol. The first kappa shape index (κ1) is 14.5. The molecule has 0 aromatic heterocycles. The van der Waals surface area contributed by atoms with E-state index in [1.54, 1.807) is 0 Å². The molecule has 0 heterocycles. The lowest BCUT2D eigenvalue weighted by Crippen LogP contribution is -2.34. The Morgan fingerprint density at radius 2 is 1.85 bits per heavy atom.